The highest BCUT2D eigenvalue weighted by atomic mass is 35.5. The zero-order valence-electron chi connectivity index (χ0n) is 14.7. The average Bonchev–Trinajstić information content (AvgIpc) is 2.67. The third-order valence-electron chi connectivity index (χ3n) is 3.60. The summed E-state index contributed by atoms with van der Waals surface area (Å²) >= 11 is 7.17. The van der Waals surface area contributed by atoms with E-state index in [4.69, 9.17) is 11.6 Å². The van der Waals surface area contributed by atoms with Gasteiger partial charge in [-0.15, -0.1) is 11.8 Å². The van der Waals surface area contributed by atoms with E-state index in [9.17, 15) is 9.59 Å². The van der Waals surface area contributed by atoms with E-state index in [1.807, 2.05) is 26.0 Å². The van der Waals surface area contributed by atoms with E-state index in [0.717, 1.165) is 23.8 Å². The summed E-state index contributed by atoms with van der Waals surface area (Å²) in [4.78, 5) is 31.2. The fourth-order valence-electron chi connectivity index (χ4n) is 2.17. The summed E-state index contributed by atoms with van der Waals surface area (Å²) in [6, 6.07) is 10.7. The second-order valence-corrected chi connectivity index (χ2v) is 6.81. The number of hydrazine groups is 1. The van der Waals surface area contributed by atoms with Crippen molar-refractivity contribution in [1.29, 1.82) is 0 Å². The molecule has 0 saturated heterocycles. The lowest BCUT2D eigenvalue weighted by molar-refractivity contribution is -0.119. The molecule has 1 aromatic heterocycles. The van der Waals surface area contributed by atoms with Crippen LogP contribution >= 0.6 is 23.4 Å². The molecule has 1 heterocycles. The Labute approximate surface area is 162 Å². The molecule has 0 fully saturated rings. The molecule has 6 nitrogen and oxygen atoms in total. The molecule has 26 heavy (non-hydrogen) atoms. The highest BCUT2D eigenvalue weighted by molar-refractivity contribution is 8.00. The van der Waals surface area contributed by atoms with Crippen molar-refractivity contribution in [2.45, 2.75) is 18.7 Å². The number of hydrogen-bond donors (Lipinski definition) is 2. The molecule has 8 heteroatoms. The van der Waals surface area contributed by atoms with Gasteiger partial charge in [0.05, 0.1) is 11.3 Å². The number of nitrogens with one attached hydrogen (secondary N) is 2. The molecule has 2 N–H and O–H groups in total. The Morgan fingerprint density at radius 1 is 1.08 bits per heavy atom. The van der Waals surface area contributed by atoms with Gasteiger partial charge in [-0.3, -0.25) is 20.4 Å². The first-order chi connectivity index (χ1) is 12.5. The Hall–Kier alpha value is -2.25. The van der Waals surface area contributed by atoms with Crippen LogP contribution in [0.5, 0.6) is 0 Å². The number of nitrogens with zero attached hydrogens (tertiary/aromatic N) is 2. The molecule has 0 radical (unpaired) electrons. The standard InChI is InChI=1S/C18H21ClN4O2S/c1-3-23(4-2)16-10-5-13(11-20-16)18(25)22-21-17(24)12-26-15-8-6-14(19)7-9-15/h5-11H,3-4,12H2,1-2H3,(H,21,24)(H,22,25). The van der Waals surface area contributed by atoms with Crippen LogP contribution in [0.1, 0.15) is 24.2 Å². The SMILES string of the molecule is CCN(CC)c1ccc(C(=O)NNC(=O)CSc2ccc(Cl)cc2)cn1. The van der Waals surface area contributed by atoms with Crippen molar-refractivity contribution in [3.8, 4) is 0 Å². The van der Waals surface area contributed by atoms with Gasteiger partial charge in [0.25, 0.3) is 5.91 Å². The number of halogens is 1. The number of thioether (sulfide) groups is 1. The zero-order valence-corrected chi connectivity index (χ0v) is 16.2. The first kappa shape index (κ1) is 20.1. The van der Waals surface area contributed by atoms with Crippen LogP contribution in [-0.4, -0.2) is 35.6 Å². The molecule has 0 aliphatic rings. The minimum Gasteiger partial charge on any atom is -0.357 e. The Morgan fingerprint density at radius 3 is 2.35 bits per heavy atom. The van der Waals surface area contributed by atoms with Crippen molar-refractivity contribution in [3.63, 3.8) is 0 Å². The minimum atomic E-state index is -0.409. The molecule has 0 aliphatic carbocycles. The monoisotopic (exact) mass is 392 g/mol. The van der Waals surface area contributed by atoms with Crippen LogP contribution in [0.25, 0.3) is 0 Å². The topological polar surface area (TPSA) is 74.3 Å². The predicted molar refractivity (Wildman–Crippen MR) is 106 cm³/mol. The fraction of sp³-hybridized carbons (Fsp3) is 0.278. The smallest absolute Gasteiger partial charge is 0.271 e. The average molecular weight is 393 g/mol. The molecule has 0 spiro atoms. The number of carbonyl (C=O) groups excluding carboxylic acids is 2. The van der Waals surface area contributed by atoms with Crippen LogP contribution in [0.3, 0.4) is 0 Å². The summed E-state index contributed by atoms with van der Waals surface area (Å²) < 4.78 is 0. The number of anilines is 1. The molecule has 2 amide bonds. The Bertz CT molecular complexity index is 734. The largest absolute Gasteiger partial charge is 0.357 e. The first-order valence-corrected chi connectivity index (χ1v) is 9.58. The van der Waals surface area contributed by atoms with E-state index in [1.165, 1.54) is 18.0 Å². The molecule has 2 aromatic rings. The number of aromatic nitrogens is 1. The predicted octanol–water partition coefficient (Wildman–Crippen LogP) is 3.13. The fourth-order valence-corrected chi connectivity index (χ4v) is 2.99. The van der Waals surface area contributed by atoms with Crippen LogP contribution in [-0.2, 0) is 4.79 Å². The zero-order chi connectivity index (χ0) is 18.9. The van der Waals surface area contributed by atoms with Crippen molar-refractivity contribution >= 4 is 41.0 Å². The van der Waals surface area contributed by atoms with Gasteiger partial charge in [-0.1, -0.05) is 11.6 Å². The normalized spacial score (nSPS) is 10.3. The summed E-state index contributed by atoms with van der Waals surface area (Å²) in [5.74, 6) is 0.288. The van der Waals surface area contributed by atoms with Gasteiger partial charge in [0.1, 0.15) is 5.82 Å². The number of benzene rings is 1. The van der Waals surface area contributed by atoms with Gasteiger partial charge in [-0.25, -0.2) is 4.98 Å². The van der Waals surface area contributed by atoms with Crippen molar-refractivity contribution in [2.75, 3.05) is 23.7 Å². The lowest BCUT2D eigenvalue weighted by Gasteiger charge is -2.19. The van der Waals surface area contributed by atoms with Crippen molar-refractivity contribution < 1.29 is 9.59 Å². The van der Waals surface area contributed by atoms with Crippen LogP contribution in [0.2, 0.25) is 5.02 Å². The van der Waals surface area contributed by atoms with Gasteiger partial charge in [0, 0.05) is 29.2 Å². The Morgan fingerprint density at radius 2 is 1.77 bits per heavy atom. The summed E-state index contributed by atoms with van der Waals surface area (Å²) in [5, 5.41) is 0.645. The lowest BCUT2D eigenvalue weighted by Crippen LogP contribution is -2.42. The minimum absolute atomic E-state index is 0.182. The molecule has 0 bridgehead atoms. The lowest BCUT2D eigenvalue weighted by atomic mass is 10.2. The number of carbonyl (C=O) groups is 2. The van der Waals surface area contributed by atoms with Gasteiger partial charge in [-0.05, 0) is 50.2 Å². The number of rotatable bonds is 7. The highest BCUT2D eigenvalue weighted by Crippen LogP contribution is 2.19. The van der Waals surface area contributed by atoms with E-state index in [2.05, 4.69) is 20.7 Å². The van der Waals surface area contributed by atoms with Gasteiger partial charge in [0.15, 0.2) is 0 Å². The van der Waals surface area contributed by atoms with Crippen LogP contribution in [0.15, 0.2) is 47.5 Å². The molecule has 0 atom stereocenters. The van der Waals surface area contributed by atoms with E-state index in [0.29, 0.717) is 10.6 Å². The first-order valence-electron chi connectivity index (χ1n) is 8.22. The third-order valence-corrected chi connectivity index (χ3v) is 4.86. The number of hydrogen-bond acceptors (Lipinski definition) is 5. The van der Waals surface area contributed by atoms with Gasteiger partial charge in [0.2, 0.25) is 5.91 Å². The van der Waals surface area contributed by atoms with Crippen LogP contribution in [0.4, 0.5) is 5.82 Å². The summed E-state index contributed by atoms with van der Waals surface area (Å²) in [6.07, 6.45) is 1.50. The molecule has 0 unspecified atom stereocenters. The summed E-state index contributed by atoms with van der Waals surface area (Å²) in [6.45, 7) is 5.78. The quantitative estimate of drug-likeness (QED) is 0.559. The van der Waals surface area contributed by atoms with Gasteiger partial charge >= 0.3 is 0 Å². The Balaban J connectivity index is 1.80. The maximum absolute atomic E-state index is 12.1. The molecular weight excluding hydrogens is 372 g/mol. The van der Waals surface area contributed by atoms with E-state index in [-0.39, 0.29) is 11.7 Å². The van der Waals surface area contributed by atoms with E-state index in [1.54, 1.807) is 24.3 Å². The highest BCUT2D eigenvalue weighted by Gasteiger charge is 2.10. The summed E-state index contributed by atoms with van der Waals surface area (Å²) in [7, 11) is 0. The molecular formula is C18H21ClN4O2S. The number of pyridine rings is 1. The third kappa shape index (κ3) is 5.93. The molecule has 138 valence electrons. The molecule has 1 aromatic carbocycles. The number of amides is 2. The summed E-state index contributed by atoms with van der Waals surface area (Å²) in [5.41, 5.74) is 5.17. The van der Waals surface area contributed by atoms with Crippen molar-refractivity contribution in [3.05, 3.63) is 53.2 Å². The second-order valence-electron chi connectivity index (χ2n) is 5.32. The van der Waals surface area contributed by atoms with E-state index >= 15 is 0 Å². The maximum atomic E-state index is 12.1. The molecule has 2 rings (SSSR count). The van der Waals surface area contributed by atoms with Gasteiger partial charge in [-0.2, -0.15) is 0 Å². The van der Waals surface area contributed by atoms with Crippen LogP contribution in [0, 0.1) is 0 Å². The second kappa shape index (κ2) is 10.0. The molecule has 0 saturated carbocycles. The Kier molecular flexibility index (Phi) is 7.74. The van der Waals surface area contributed by atoms with Gasteiger partial charge < -0.3 is 4.90 Å². The van der Waals surface area contributed by atoms with Crippen molar-refractivity contribution in [2.24, 2.45) is 0 Å². The molecule has 0 aliphatic heterocycles. The maximum Gasteiger partial charge on any atom is 0.271 e. The van der Waals surface area contributed by atoms with E-state index < -0.39 is 5.91 Å². The van der Waals surface area contributed by atoms with Crippen LogP contribution < -0.4 is 15.8 Å². The van der Waals surface area contributed by atoms with Crippen molar-refractivity contribution in [1.82, 2.24) is 15.8 Å².